The average Bonchev–Trinajstić information content (AvgIpc) is 2.74. The van der Waals surface area contributed by atoms with Crippen molar-refractivity contribution in [1.82, 2.24) is 0 Å². The summed E-state index contributed by atoms with van der Waals surface area (Å²) >= 11 is 3.56. The number of rotatable bonds is 2. The number of hydrogen-bond donors (Lipinski definition) is 1. The largest absolute Gasteiger partial charge is 0.490 e. The molecule has 0 radical (unpaired) electrons. The van der Waals surface area contributed by atoms with Gasteiger partial charge in [-0.1, -0.05) is 34.1 Å². The summed E-state index contributed by atoms with van der Waals surface area (Å²) < 4.78 is 12.5. The van der Waals surface area contributed by atoms with Gasteiger partial charge in [0.2, 0.25) is 0 Å². The molecule has 2 aromatic rings. The molecule has 0 amide bonds. The number of fused-ring (bicyclic) bond motifs is 1. The van der Waals surface area contributed by atoms with Gasteiger partial charge in [0.25, 0.3) is 0 Å². The third-order valence-corrected chi connectivity index (χ3v) is 4.63. The van der Waals surface area contributed by atoms with Crippen molar-refractivity contribution in [2.75, 3.05) is 13.2 Å². The van der Waals surface area contributed by atoms with Crippen molar-refractivity contribution in [2.45, 2.75) is 19.4 Å². The van der Waals surface area contributed by atoms with Crippen LogP contribution in [0.5, 0.6) is 11.5 Å². The molecule has 0 aliphatic carbocycles. The molecule has 0 spiro atoms. The molecular formula is C17H18BrNO2. The maximum absolute atomic E-state index is 6.44. The van der Waals surface area contributed by atoms with E-state index in [0.717, 1.165) is 39.1 Å². The SMILES string of the molecule is Cc1c(Br)cccc1C(N)c1ccc2c(c1)OCCCO2. The summed E-state index contributed by atoms with van der Waals surface area (Å²) in [6, 6.07) is 11.9. The van der Waals surface area contributed by atoms with Crippen LogP contribution in [0.2, 0.25) is 0 Å². The molecule has 3 rings (SSSR count). The Morgan fingerprint density at radius 1 is 1.10 bits per heavy atom. The second-order valence-corrected chi connectivity index (χ2v) is 6.04. The van der Waals surface area contributed by atoms with Gasteiger partial charge in [0.15, 0.2) is 11.5 Å². The lowest BCUT2D eigenvalue weighted by molar-refractivity contribution is 0.297. The summed E-state index contributed by atoms with van der Waals surface area (Å²) in [6.07, 6.45) is 0.904. The minimum atomic E-state index is -0.181. The minimum absolute atomic E-state index is 0.181. The van der Waals surface area contributed by atoms with E-state index in [1.165, 1.54) is 0 Å². The van der Waals surface area contributed by atoms with Crippen LogP contribution in [0.25, 0.3) is 0 Å². The van der Waals surface area contributed by atoms with Crippen LogP contribution in [0.15, 0.2) is 40.9 Å². The molecule has 4 heteroatoms. The van der Waals surface area contributed by atoms with E-state index in [4.69, 9.17) is 15.2 Å². The van der Waals surface area contributed by atoms with Crippen LogP contribution in [0, 0.1) is 6.92 Å². The Kier molecular flexibility index (Phi) is 4.17. The van der Waals surface area contributed by atoms with Crippen LogP contribution in [0.4, 0.5) is 0 Å². The van der Waals surface area contributed by atoms with Crippen LogP contribution in [-0.2, 0) is 0 Å². The molecule has 1 aliphatic rings. The van der Waals surface area contributed by atoms with Gasteiger partial charge < -0.3 is 15.2 Å². The van der Waals surface area contributed by atoms with Crippen molar-refractivity contribution in [3.63, 3.8) is 0 Å². The Balaban J connectivity index is 1.96. The third-order valence-electron chi connectivity index (χ3n) is 3.78. The highest BCUT2D eigenvalue weighted by Crippen LogP contribution is 2.34. The molecule has 1 aliphatic heterocycles. The smallest absolute Gasteiger partial charge is 0.161 e. The molecule has 0 saturated heterocycles. The molecule has 0 fully saturated rings. The Morgan fingerprint density at radius 2 is 1.86 bits per heavy atom. The highest BCUT2D eigenvalue weighted by atomic mass is 79.9. The molecule has 21 heavy (non-hydrogen) atoms. The topological polar surface area (TPSA) is 44.5 Å². The number of benzene rings is 2. The molecule has 3 nitrogen and oxygen atoms in total. The predicted molar refractivity (Wildman–Crippen MR) is 87.0 cm³/mol. The standard InChI is InChI=1S/C17H18BrNO2/c1-11-13(4-2-5-14(11)18)17(19)12-6-7-15-16(10-12)21-9-3-8-20-15/h2,4-7,10,17H,3,8-9,19H2,1H3. The van der Waals surface area contributed by atoms with E-state index < -0.39 is 0 Å². The van der Waals surface area contributed by atoms with Gasteiger partial charge in [-0.25, -0.2) is 0 Å². The average molecular weight is 348 g/mol. The van der Waals surface area contributed by atoms with Gasteiger partial charge in [-0.3, -0.25) is 0 Å². The summed E-state index contributed by atoms with van der Waals surface area (Å²) in [6.45, 7) is 3.45. The first-order valence-corrected chi connectivity index (χ1v) is 7.86. The van der Waals surface area contributed by atoms with Crippen molar-refractivity contribution in [3.8, 4) is 11.5 Å². The van der Waals surface area contributed by atoms with Crippen molar-refractivity contribution in [1.29, 1.82) is 0 Å². The second kappa shape index (κ2) is 6.08. The zero-order valence-corrected chi connectivity index (χ0v) is 13.5. The van der Waals surface area contributed by atoms with E-state index in [0.29, 0.717) is 13.2 Å². The van der Waals surface area contributed by atoms with Gasteiger partial charge in [0.05, 0.1) is 19.3 Å². The van der Waals surface area contributed by atoms with E-state index in [1.54, 1.807) is 0 Å². The summed E-state index contributed by atoms with van der Waals surface area (Å²) in [5.41, 5.74) is 9.74. The van der Waals surface area contributed by atoms with E-state index in [1.807, 2.05) is 30.3 Å². The van der Waals surface area contributed by atoms with Gasteiger partial charge in [-0.2, -0.15) is 0 Å². The molecule has 1 unspecified atom stereocenters. The molecule has 2 aromatic carbocycles. The minimum Gasteiger partial charge on any atom is -0.490 e. The Morgan fingerprint density at radius 3 is 2.67 bits per heavy atom. The summed E-state index contributed by atoms with van der Waals surface area (Å²) in [4.78, 5) is 0. The zero-order chi connectivity index (χ0) is 14.8. The second-order valence-electron chi connectivity index (χ2n) is 5.19. The first kappa shape index (κ1) is 14.4. The summed E-state index contributed by atoms with van der Waals surface area (Å²) in [7, 11) is 0. The zero-order valence-electron chi connectivity index (χ0n) is 11.9. The fourth-order valence-corrected chi connectivity index (χ4v) is 2.90. The highest BCUT2D eigenvalue weighted by molar-refractivity contribution is 9.10. The van der Waals surface area contributed by atoms with Gasteiger partial charge in [0, 0.05) is 10.9 Å². The highest BCUT2D eigenvalue weighted by Gasteiger charge is 2.17. The van der Waals surface area contributed by atoms with Gasteiger partial charge in [-0.15, -0.1) is 0 Å². The summed E-state index contributed by atoms with van der Waals surface area (Å²) in [5, 5.41) is 0. The molecule has 0 bridgehead atoms. The molecule has 0 aromatic heterocycles. The lowest BCUT2D eigenvalue weighted by Gasteiger charge is -2.18. The lowest BCUT2D eigenvalue weighted by atomic mass is 9.95. The van der Waals surface area contributed by atoms with Crippen molar-refractivity contribution < 1.29 is 9.47 Å². The van der Waals surface area contributed by atoms with Gasteiger partial charge >= 0.3 is 0 Å². The number of hydrogen-bond acceptors (Lipinski definition) is 3. The maximum atomic E-state index is 6.44. The van der Waals surface area contributed by atoms with E-state index in [9.17, 15) is 0 Å². The Hall–Kier alpha value is -1.52. The van der Waals surface area contributed by atoms with Crippen LogP contribution in [-0.4, -0.2) is 13.2 Å². The van der Waals surface area contributed by atoms with Gasteiger partial charge in [-0.05, 0) is 41.8 Å². The third kappa shape index (κ3) is 2.92. The first-order chi connectivity index (χ1) is 10.2. The number of nitrogens with two attached hydrogens (primary N) is 1. The van der Waals surface area contributed by atoms with Crippen molar-refractivity contribution in [3.05, 3.63) is 57.6 Å². The number of halogens is 1. The predicted octanol–water partition coefficient (Wildman–Crippen LogP) is 3.97. The van der Waals surface area contributed by atoms with Crippen LogP contribution in [0.1, 0.15) is 29.2 Å². The van der Waals surface area contributed by atoms with E-state index in [2.05, 4.69) is 28.9 Å². The van der Waals surface area contributed by atoms with E-state index >= 15 is 0 Å². The molecule has 1 atom stereocenters. The summed E-state index contributed by atoms with van der Waals surface area (Å²) in [5.74, 6) is 1.59. The molecule has 2 N–H and O–H groups in total. The van der Waals surface area contributed by atoms with E-state index in [-0.39, 0.29) is 6.04 Å². The number of ether oxygens (including phenoxy) is 2. The fourth-order valence-electron chi connectivity index (χ4n) is 2.51. The molecule has 110 valence electrons. The van der Waals surface area contributed by atoms with Gasteiger partial charge in [0.1, 0.15) is 0 Å². The fraction of sp³-hybridized carbons (Fsp3) is 0.294. The quantitative estimate of drug-likeness (QED) is 0.893. The van der Waals surface area contributed by atoms with Crippen LogP contribution < -0.4 is 15.2 Å². The first-order valence-electron chi connectivity index (χ1n) is 7.07. The molecular weight excluding hydrogens is 330 g/mol. The van der Waals surface area contributed by atoms with Crippen LogP contribution >= 0.6 is 15.9 Å². The van der Waals surface area contributed by atoms with Crippen molar-refractivity contribution in [2.24, 2.45) is 5.73 Å². The Labute approximate surface area is 133 Å². The molecule has 0 saturated carbocycles. The Bertz CT molecular complexity index is 657. The van der Waals surface area contributed by atoms with Crippen LogP contribution in [0.3, 0.4) is 0 Å². The maximum Gasteiger partial charge on any atom is 0.161 e. The normalized spacial score (nSPS) is 15.4. The lowest BCUT2D eigenvalue weighted by Crippen LogP contribution is -2.13. The monoisotopic (exact) mass is 347 g/mol. The molecule has 1 heterocycles. The van der Waals surface area contributed by atoms with Crippen molar-refractivity contribution >= 4 is 15.9 Å².